The summed E-state index contributed by atoms with van der Waals surface area (Å²) in [5, 5.41) is 9.06. The highest BCUT2D eigenvalue weighted by molar-refractivity contribution is 7.99. The number of benzene rings is 1. The molecule has 148 valence electrons. The van der Waals surface area contributed by atoms with Gasteiger partial charge in [0.05, 0.1) is 17.7 Å². The average Bonchev–Trinajstić information content (AvgIpc) is 2.65. The molecule has 0 saturated carbocycles. The maximum atomic E-state index is 13.2. The largest absolute Gasteiger partial charge is 0.289 e. The molecule has 0 aliphatic carbocycles. The van der Waals surface area contributed by atoms with Gasteiger partial charge in [-0.3, -0.25) is 24.5 Å². The summed E-state index contributed by atoms with van der Waals surface area (Å²) in [5.41, 5.74) is 1.31. The lowest BCUT2D eigenvalue weighted by atomic mass is 9.94. The molecular weight excluding hydrogens is 392 g/mol. The van der Waals surface area contributed by atoms with E-state index in [-0.39, 0.29) is 4.90 Å². The molecule has 0 spiro atoms. The van der Waals surface area contributed by atoms with Gasteiger partial charge in [-0.2, -0.15) is 0 Å². The predicted molar refractivity (Wildman–Crippen MR) is 98.9 cm³/mol. The lowest BCUT2D eigenvalue weighted by Gasteiger charge is -2.36. The monoisotopic (exact) mass is 414 g/mol. The van der Waals surface area contributed by atoms with Gasteiger partial charge in [0.25, 0.3) is 5.91 Å². The van der Waals surface area contributed by atoms with Gasteiger partial charge in [-0.15, -0.1) is 11.8 Å². The number of sulfone groups is 1. The molecule has 1 aliphatic rings. The number of likely N-dealkylation sites (tertiary alicyclic amines) is 1. The standard InChI is InChI=1S/C17H22N2O6S2/c1-3-4-9-26-12-5-7-13(8-6-12)27(24,25)17(16(22)18-23)10-14(20)19(2)15(21)11-17/h5-8,23H,3-4,9-11H2,1-2H3,(H,18,22). The van der Waals surface area contributed by atoms with Crippen LogP contribution in [0.5, 0.6) is 0 Å². The number of imide groups is 1. The fourth-order valence-electron chi connectivity index (χ4n) is 2.78. The highest BCUT2D eigenvalue weighted by Gasteiger charge is 2.57. The number of unbranched alkanes of at least 4 members (excludes halogenated alkanes) is 1. The molecule has 0 atom stereocenters. The van der Waals surface area contributed by atoms with E-state index >= 15 is 0 Å². The van der Waals surface area contributed by atoms with Gasteiger partial charge in [-0.05, 0) is 36.4 Å². The third kappa shape index (κ3) is 4.02. The molecule has 8 nitrogen and oxygen atoms in total. The second kappa shape index (κ2) is 8.41. The van der Waals surface area contributed by atoms with Crippen molar-refractivity contribution in [2.75, 3.05) is 12.8 Å². The molecule has 1 aliphatic heterocycles. The summed E-state index contributed by atoms with van der Waals surface area (Å²) < 4.78 is 24.0. The smallest absolute Gasteiger partial charge is 0.266 e. The predicted octanol–water partition coefficient (Wildman–Crippen LogP) is 1.38. The van der Waals surface area contributed by atoms with Crippen molar-refractivity contribution in [2.45, 2.75) is 47.1 Å². The third-order valence-corrected chi connectivity index (χ3v) is 8.05. The van der Waals surface area contributed by atoms with Crippen molar-refractivity contribution in [1.29, 1.82) is 0 Å². The number of nitrogens with zero attached hydrogens (tertiary/aromatic N) is 1. The van der Waals surface area contributed by atoms with Crippen LogP contribution in [0.2, 0.25) is 0 Å². The van der Waals surface area contributed by atoms with Crippen molar-refractivity contribution in [3.05, 3.63) is 24.3 Å². The van der Waals surface area contributed by atoms with Gasteiger partial charge in [0.1, 0.15) is 0 Å². The summed E-state index contributed by atoms with van der Waals surface area (Å²) in [6, 6.07) is 5.94. The van der Waals surface area contributed by atoms with E-state index < -0.39 is 45.1 Å². The molecule has 10 heteroatoms. The van der Waals surface area contributed by atoms with Gasteiger partial charge in [-0.1, -0.05) is 13.3 Å². The van der Waals surface area contributed by atoms with Gasteiger partial charge in [0, 0.05) is 11.9 Å². The molecule has 3 amide bonds. The van der Waals surface area contributed by atoms with Crippen molar-refractivity contribution in [3.63, 3.8) is 0 Å². The van der Waals surface area contributed by atoms with Gasteiger partial charge < -0.3 is 0 Å². The summed E-state index contributed by atoms with van der Waals surface area (Å²) in [6.07, 6.45) is 0.630. The molecule has 0 radical (unpaired) electrons. The molecule has 27 heavy (non-hydrogen) atoms. The Labute approximate surface area is 162 Å². The number of hydroxylamine groups is 1. The van der Waals surface area contributed by atoms with E-state index in [9.17, 15) is 22.8 Å². The SMILES string of the molecule is CCCCSc1ccc(S(=O)(=O)C2(C(=O)NO)CC(=O)N(C)C(=O)C2)cc1. The Morgan fingerprint density at radius 1 is 1.22 bits per heavy atom. The topological polar surface area (TPSA) is 121 Å². The van der Waals surface area contributed by atoms with Gasteiger partial charge in [0.15, 0.2) is 14.6 Å². The number of carbonyl (C=O) groups is 3. The summed E-state index contributed by atoms with van der Waals surface area (Å²) in [7, 11) is -3.19. The summed E-state index contributed by atoms with van der Waals surface area (Å²) in [5.74, 6) is -2.00. The molecule has 1 fully saturated rings. The van der Waals surface area contributed by atoms with Crippen LogP contribution in [0.15, 0.2) is 34.1 Å². The number of carbonyl (C=O) groups excluding carboxylic acids is 3. The summed E-state index contributed by atoms with van der Waals surface area (Å²) >= 11 is 1.58. The first-order valence-electron chi connectivity index (χ1n) is 8.41. The lowest BCUT2D eigenvalue weighted by molar-refractivity contribution is -0.151. The zero-order valence-electron chi connectivity index (χ0n) is 15.1. The molecular formula is C17H22N2O6S2. The maximum absolute atomic E-state index is 13.2. The maximum Gasteiger partial charge on any atom is 0.266 e. The zero-order valence-corrected chi connectivity index (χ0v) is 16.7. The van der Waals surface area contributed by atoms with Crippen molar-refractivity contribution >= 4 is 39.3 Å². The van der Waals surface area contributed by atoms with Crippen molar-refractivity contribution in [2.24, 2.45) is 0 Å². The average molecular weight is 415 g/mol. The second-order valence-corrected chi connectivity index (χ2v) is 9.74. The molecule has 1 saturated heterocycles. The first-order chi connectivity index (χ1) is 12.7. The molecule has 1 heterocycles. The van der Waals surface area contributed by atoms with Crippen LogP contribution in [-0.4, -0.2) is 53.8 Å². The van der Waals surface area contributed by atoms with Crippen LogP contribution < -0.4 is 5.48 Å². The number of rotatable bonds is 7. The lowest BCUT2D eigenvalue weighted by Crippen LogP contribution is -2.60. The van der Waals surface area contributed by atoms with Crippen LogP contribution >= 0.6 is 11.8 Å². The van der Waals surface area contributed by atoms with E-state index in [1.54, 1.807) is 23.9 Å². The Bertz CT molecular complexity index is 817. The molecule has 0 unspecified atom stereocenters. The van der Waals surface area contributed by atoms with E-state index in [0.717, 1.165) is 28.4 Å². The van der Waals surface area contributed by atoms with Gasteiger partial charge in [-0.25, -0.2) is 13.9 Å². The quantitative estimate of drug-likeness (QED) is 0.227. The van der Waals surface area contributed by atoms with Crippen molar-refractivity contribution < 1.29 is 28.0 Å². The van der Waals surface area contributed by atoms with E-state index in [1.165, 1.54) is 24.7 Å². The van der Waals surface area contributed by atoms with Crippen LogP contribution in [0.4, 0.5) is 0 Å². The van der Waals surface area contributed by atoms with Crippen LogP contribution in [-0.2, 0) is 24.2 Å². The van der Waals surface area contributed by atoms with Crippen LogP contribution in [0.1, 0.15) is 32.6 Å². The minimum Gasteiger partial charge on any atom is -0.289 e. The van der Waals surface area contributed by atoms with Crippen molar-refractivity contribution in [3.8, 4) is 0 Å². The Kier molecular flexibility index (Phi) is 6.66. The first kappa shape index (κ1) is 21.4. The van der Waals surface area contributed by atoms with Gasteiger partial charge >= 0.3 is 0 Å². The number of hydrogen-bond donors (Lipinski definition) is 2. The third-order valence-electron chi connectivity index (χ3n) is 4.55. The molecule has 0 bridgehead atoms. The number of amides is 3. The Hall–Kier alpha value is -1.91. The van der Waals surface area contributed by atoms with Crippen LogP contribution in [0, 0.1) is 0 Å². The fourth-order valence-corrected chi connectivity index (χ4v) is 5.64. The number of thioether (sulfide) groups is 1. The number of piperidine rings is 1. The number of hydrogen-bond acceptors (Lipinski definition) is 7. The summed E-state index contributed by atoms with van der Waals surface area (Å²) in [6.45, 7) is 2.08. The van der Waals surface area contributed by atoms with E-state index in [2.05, 4.69) is 6.92 Å². The Morgan fingerprint density at radius 3 is 2.26 bits per heavy atom. The highest BCUT2D eigenvalue weighted by Crippen LogP contribution is 2.37. The normalized spacial score (nSPS) is 17.1. The minimum absolute atomic E-state index is 0.184. The summed E-state index contributed by atoms with van der Waals surface area (Å²) in [4.78, 5) is 37.9. The molecule has 0 aromatic heterocycles. The Balaban J connectivity index is 2.42. The van der Waals surface area contributed by atoms with E-state index in [1.807, 2.05) is 0 Å². The first-order valence-corrected chi connectivity index (χ1v) is 10.9. The molecule has 1 aromatic rings. The van der Waals surface area contributed by atoms with Gasteiger partial charge in [0.2, 0.25) is 11.8 Å². The molecule has 2 N–H and O–H groups in total. The van der Waals surface area contributed by atoms with Crippen LogP contribution in [0.25, 0.3) is 0 Å². The fraction of sp³-hybridized carbons (Fsp3) is 0.471. The number of nitrogens with one attached hydrogen (secondary N) is 1. The Morgan fingerprint density at radius 2 is 1.78 bits per heavy atom. The zero-order chi connectivity index (χ0) is 20.2. The minimum atomic E-state index is -4.42. The molecule has 1 aromatic carbocycles. The highest BCUT2D eigenvalue weighted by atomic mass is 32.2. The second-order valence-electron chi connectivity index (χ2n) is 6.31. The van der Waals surface area contributed by atoms with E-state index in [4.69, 9.17) is 5.21 Å². The molecule has 2 rings (SSSR count). The van der Waals surface area contributed by atoms with Crippen molar-refractivity contribution in [1.82, 2.24) is 10.4 Å². The van der Waals surface area contributed by atoms with E-state index in [0.29, 0.717) is 0 Å². The van der Waals surface area contributed by atoms with Crippen LogP contribution in [0.3, 0.4) is 0 Å².